The van der Waals surface area contributed by atoms with E-state index in [9.17, 15) is 22.0 Å². The van der Waals surface area contributed by atoms with Crippen LogP contribution < -0.4 is 4.72 Å². The van der Waals surface area contributed by atoms with Gasteiger partial charge in [0.1, 0.15) is 21.4 Å². The molecule has 0 spiro atoms. The fourth-order valence-corrected chi connectivity index (χ4v) is 4.71. The van der Waals surface area contributed by atoms with Crippen LogP contribution in [0, 0.1) is 24.5 Å². The maximum atomic E-state index is 13.7. The largest absolute Gasteiger partial charge is 0.338 e. The fraction of sp³-hybridized carbons (Fsp3) is 0.438. The third kappa shape index (κ3) is 4.47. The van der Waals surface area contributed by atoms with Gasteiger partial charge in [-0.15, -0.1) is 5.10 Å². The Bertz CT molecular complexity index is 941. The van der Waals surface area contributed by atoms with Gasteiger partial charge in [-0.05, 0) is 49.3 Å². The maximum absolute atomic E-state index is 13.7. The second-order valence-corrected chi connectivity index (χ2v) is 8.84. The number of amides is 1. The number of hydrogen-bond acceptors (Lipinski definition) is 6. The lowest BCUT2D eigenvalue weighted by Gasteiger charge is -2.31. The Kier molecular flexibility index (Phi) is 5.82. The van der Waals surface area contributed by atoms with E-state index >= 15 is 0 Å². The van der Waals surface area contributed by atoms with Crippen LogP contribution in [0.2, 0.25) is 0 Å². The summed E-state index contributed by atoms with van der Waals surface area (Å²) in [5.74, 6) is -2.06. The zero-order valence-electron chi connectivity index (χ0n) is 14.5. The molecule has 1 aliphatic heterocycles. The van der Waals surface area contributed by atoms with Gasteiger partial charge < -0.3 is 4.90 Å². The summed E-state index contributed by atoms with van der Waals surface area (Å²) in [4.78, 5) is 14.1. The molecule has 2 heterocycles. The summed E-state index contributed by atoms with van der Waals surface area (Å²) in [5, 5.41) is 3.84. The average molecular weight is 416 g/mol. The normalized spacial score (nSPS) is 15.9. The standard InChI is InChI=1S/C16H18F2N4O3S2/c1-10-15(26-21-20-10)16(23)22-6-4-11(5-7-22)9-19-27(24,25)14-3-2-12(17)8-13(14)18/h2-3,8,11,19H,4-7,9H2,1H3. The highest BCUT2D eigenvalue weighted by atomic mass is 32.2. The topological polar surface area (TPSA) is 92.3 Å². The van der Waals surface area contributed by atoms with Gasteiger partial charge in [0.2, 0.25) is 10.0 Å². The van der Waals surface area contributed by atoms with Crippen molar-refractivity contribution in [2.24, 2.45) is 5.92 Å². The number of nitrogens with one attached hydrogen (secondary N) is 1. The van der Waals surface area contributed by atoms with Crippen molar-refractivity contribution in [3.05, 3.63) is 40.4 Å². The Labute approximate surface area is 159 Å². The lowest BCUT2D eigenvalue weighted by atomic mass is 9.97. The number of likely N-dealkylation sites (tertiary alicyclic amines) is 1. The van der Waals surface area contributed by atoms with Gasteiger partial charge in [-0.3, -0.25) is 4.79 Å². The molecule has 1 saturated heterocycles. The lowest BCUT2D eigenvalue weighted by Crippen LogP contribution is -2.41. The van der Waals surface area contributed by atoms with E-state index < -0.39 is 26.6 Å². The minimum atomic E-state index is -4.07. The van der Waals surface area contributed by atoms with Crippen molar-refractivity contribution in [3.8, 4) is 0 Å². The first-order valence-corrected chi connectivity index (χ1v) is 10.6. The quantitative estimate of drug-likeness (QED) is 0.804. The van der Waals surface area contributed by atoms with Gasteiger partial charge in [-0.2, -0.15) is 0 Å². The highest BCUT2D eigenvalue weighted by Crippen LogP contribution is 2.22. The number of carbonyl (C=O) groups excluding carboxylic acids is 1. The van der Waals surface area contributed by atoms with Crippen LogP contribution in [-0.2, 0) is 10.0 Å². The molecule has 3 rings (SSSR count). The molecule has 11 heteroatoms. The Balaban J connectivity index is 1.55. The van der Waals surface area contributed by atoms with E-state index in [1.54, 1.807) is 11.8 Å². The van der Waals surface area contributed by atoms with Crippen LogP contribution in [0.3, 0.4) is 0 Å². The zero-order valence-corrected chi connectivity index (χ0v) is 16.1. The molecule has 0 bridgehead atoms. The molecule has 1 fully saturated rings. The number of piperidine rings is 1. The number of hydrogen-bond donors (Lipinski definition) is 1. The van der Waals surface area contributed by atoms with Crippen molar-refractivity contribution in [1.82, 2.24) is 19.2 Å². The maximum Gasteiger partial charge on any atom is 0.267 e. The second kappa shape index (κ2) is 7.95. The Hall–Kier alpha value is -1.98. The van der Waals surface area contributed by atoms with Crippen molar-refractivity contribution in [3.63, 3.8) is 0 Å². The molecule has 2 aromatic rings. The van der Waals surface area contributed by atoms with Crippen molar-refractivity contribution in [2.75, 3.05) is 19.6 Å². The van der Waals surface area contributed by atoms with Crippen molar-refractivity contribution >= 4 is 27.5 Å². The molecule has 1 amide bonds. The van der Waals surface area contributed by atoms with Crippen LogP contribution in [0.4, 0.5) is 8.78 Å². The molecule has 1 aromatic carbocycles. The molecule has 27 heavy (non-hydrogen) atoms. The molecule has 1 aromatic heterocycles. The molecular weight excluding hydrogens is 398 g/mol. The summed E-state index contributed by atoms with van der Waals surface area (Å²) in [7, 11) is -4.07. The summed E-state index contributed by atoms with van der Waals surface area (Å²) in [5.41, 5.74) is 0.598. The van der Waals surface area contributed by atoms with Crippen LogP contribution in [0.15, 0.2) is 23.1 Å². The summed E-state index contributed by atoms with van der Waals surface area (Å²) in [6.45, 7) is 2.84. The molecule has 1 N–H and O–H groups in total. The number of rotatable bonds is 5. The number of nitrogens with zero attached hydrogens (tertiary/aromatic N) is 3. The molecule has 0 radical (unpaired) electrons. The molecule has 0 aliphatic carbocycles. The number of halogens is 2. The molecule has 0 atom stereocenters. The predicted octanol–water partition coefficient (Wildman–Crippen LogP) is 1.96. The van der Waals surface area contributed by atoms with E-state index in [-0.39, 0.29) is 18.4 Å². The minimum absolute atomic E-state index is 0.0213. The van der Waals surface area contributed by atoms with E-state index in [1.807, 2.05) is 0 Å². The molecule has 1 aliphatic rings. The Morgan fingerprint density at radius 2 is 2.04 bits per heavy atom. The summed E-state index contributed by atoms with van der Waals surface area (Å²) in [6.07, 6.45) is 1.23. The lowest BCUT2D eigenvalue weighted by molar-refractivity contribution is 0.0696. The van der Waals surface area contributed by atoms with Crippen LogP contribution in [0.25, 0.3) is 0 Å². The van der Waals surface area contributed by atoms with Crippen LogP contribution >= 0.6 is 11.5 Å². The smallest absolute Gasteiger partial charge is 0.267 e. The Morgan fingerprint density at radius 1 is 1.33 bits per heavy atom. The van der Waals surface area contributed by atoms with Gasteiger partial charge in [-0.1, -0.05) is 4.49 Å². The molecular formula is C16H18F2N4O3S2. The fourth-order valence-electron chi connectivity index (χ4n) is 2.91. The monoisotopic (exact) mass is 416 g/mol. The van der Waals surface area contributed by atoms with Gasteiger partial charge in [0.05, 0.1) is 5.69 Å². The van der Waals surface area contributed by atoms with Crippen molar-refractivity contribution in [2.45, 2.75) is 24.7 Å². The van der Waals surface area contributed by atoms with Gasteiger partial charge in [0, 0.05) is 25.7 Å². The minimum Gasteiger partial charge on any atom is -0.338 e. The highest BCUT2D eigenvalue weighted by Gasteiger charge is 2.27. The van der Waals surface area contributed by atoms with Crippen molar-refractivity contribution < 1.29 is 22.0 Å². The first kappa shape index (κ1) is 19.8. The van der Waals surface area contributed by atoms with E-state index in [2.05, 4.69) is 14.3 Å². The third-order valence-electron chi connectivity index (χ3n) is 4.49. The average Bonchev–Trinajstić information content (AvgIpc) is 3.05. The number of sulfonamides is 1. The van der Waals surface area contributed by atoms with Gasteiger partial charge in [0.15, 0.2) is 0 Å². The first-order chi connectivity index (χ1) is 12.8. The molecule has 0 unspecified atom stereocenters. The number of benzene rings is 1. The van der Waals surface area contributed by atoms with Gasteiger partial charge in [0.25, 0.3) is 5.91 Å². The van der Waals surface area contributed by atoms with Crippen LogP contribution in [-0.4, -0.2) is 48.4 Å². The Morgan fingerprint density at radius 3 is 2.63 bits per heavy atom. The third-order valence-corrected chi connectivity index (χ3v) is 6.77. The highest BCUT2D eigenvalue weighted by molar-refractivity contribution is 7.89. The predicted molar refractivity (Wildman–Crippen MR) is 94.8 cm³/mol. The van der Waals surface area contributed by atoms with Crippen LogP contribution in [0.5, 0.6) is 0 Å². The number of carbonyl (C=O) groups is 1. The summed E-state index contributed by atoms with van der Waals surface area (Å²) < 4.78 is 57.2. The van der Waals surface area contributed by atoms with Crippen LogP contribution in [0.1, 0.15) is 28.2 Å². The summed E-state index contributed by atoms with van der Waals surface area (Å²) in [6, 6.07) is 2.34. The van der Waals surface area contributed by atoms with E-state index in [4.69, 9.17) is 0 Å². The second-order valence-electron chi connectivity index (χ2n) is 6.35. The van der Waals surface area contributed by atoms with Gasteiger partial charge in [-0.25, -0.2) is 21.9 Å². The van der Waals surface area contributed by atoms with Crippen molar-refractivity contribution in [1.29, 1.82) is 0 Å². The zero-order chi connectivity index (χ0) is 19.6. The first-order valence-electron chi connectivity index (χ1n) is 8.31. The number of aromatic nitrogens is 2. The van der Waals surface area contributed by atoms with E-state index in [0.717, 1.165) is 23.7 Å². The molecule has 146 valence electrons. The SMILES string of the molecule is Cc1nnsc1C(=O)N1CCC(CNS(=O)(=O)c2ccc(F)cc2F)CC1. The van der Waals surface area contributed by atoms with E-state index in [1.165, 1.54) is 0 Å². The van der Waals surface area contributed by atoms with Gasteiger partial charge >= 0.3 is 0 Å². The number of aryl methyl sites for hydroxylation is 1. The summed E-state index contributed by atoms with van der Waals surface area (Å²) >= 11 is 1.06. The molecule has 0 saturated carbocycles. The molecule has 7 nitrogen and oxygen atoms in total. The van der Waals surface area contributed by atoms with E-state index in [0.29, 0.717) is 42.6 Å².